The van der Waals surface area contributed by atoms with Crippen molar-refractivity contribution in [3.8, 4) is 0 Å². The molecule has 2 aliphatic heterocycles. The van der Waals surface area contributed by atoms with Gasteiger partial charge in [-0.15, -0.1) is 0 Å². The summed E-state index contributed by atoms with van der Waals surface area (Å²) in [4.78, 5) is 38.8. The maximum absolute atomic E-state index is 14.3. The Kier molecular flexibility index (Phi) is 12.1. The van der Waals surface area contributed by atoms with Crippen LogP contribution in [0.5, 0.6) is 0 Å². The minimum Gasteiger partial charge on any atom is -0.468 e. The second-order valence-electron chi connectivity index (χ2n) is 15.9. The normalized spacial score (nSPS) is 23.7. The maximum atomic E-state index is 14.3. The number of ketones is 1. The highest BCUT2D eigenvalue weighted by Gasteiger charge is 2.48. The van der Waals surface area contributed by atoms with Crippen LogP contribution in [0.1, 0.15) is 134 Å². The van der Waals surface area contributed by atoms with Crippen LogP contribution in [0.3, 0.4) is 0 Å². The summed E-state index contributed by atoms with van der Waals surface area (Å²) in [6.45, 7) is 21.6. The summed E-state index contributed by atoms with van der Waals surface area (Å²) in [5, 5.41) is 16.8. The van der Waals surface area contributed by atoms with Gasteiger partial charge in [-0.3, -0.25) is 9.59 Å². The molecule has 5 heterocycles. The van der Waals surface area contributed by atoms with E-state index in [1.807, 2.05) is 13.0 Å². The predicted octanol–water partition coefficient (Wildman–Crippen LogP) is 7.64. The fourth-order valence-corrected chi connectivity index (χ4v) is 8.74. The molecular weight excluding hydrogens is 689 g/mol. The average Bonchev–Trinajstić information content (AvgIpc) is 3.90. The summed E-state index contributed by atoms with van der Waals surface area (Å²) in [5.74, 6) is -1.45. The van der Waals surface area contributed by atoms with Gasteiger partial charge in [0.15, 0.2) is 12.1 Å². The minimum absolute atomic E-state index is 0.0419. The molecule has 3 aliphatic rings. The van der Waals surface area contributed by atoms with Crippen molar-refractivity contribution in [3.63, 3.8) is 0 Å². The number of aliphatic hydroxyl groups is 1. The molecule has 8 bridgehead atoms. The van der Waals surface area contributed by atoms with E-state index in [1.54, 1.807) is 0 Å². The van der Waals surface area contributed by atoms with Crippen LogP contribution in [0.2, 0.25) is 0 Å². The molecule has 0 radical (unpaired) electrons. The number of hydrogen-bond acceptors (Lipinski definition) is 6. The van der Waals surface area contributed by atoms with Crippen molar-refractivity contribution in [1.82, 2.24) is 20.3 Å². The molecule has 9 nitrogen and oxygen atoms in total. The van der Waals surface area contributed by atoms with Crippen molar-refractivity contribution in [2.75, 3.05) is 13.7 Å². The molecule has 1 fully saturated rings. The molecule has 0 spiro atoms. The molecule has 5 N–H and O–H groups in total. The number of carbonyl (C=O) groups excluding carboxylic acids is 2. The third-order valence-electron chi connectivity index (χ3n) is 12.5. The van der Waals surface area contributed by atoms with E-state index < -0.39 is 18.2 Å². The second kappa shape index (κ2) is 16.6. The molecule has 3 aromatic heterocycles. The van der Waals surface area contributed by atoms with E-state index in [4.69, 9.17) is 9.47 Å². The quantitative estimate of drug-likeness (QED) is 0.0499. The molecule has 0 aromatic carbocycles. The van der Waals surface area contributed by atoms with Crippen molar-refractivity contribution in [1.29, 1.82) is 0 Å². The van der Waals surface area contributed by atoms with E-state index in [0.717, 1.165) is 86.6 Å². The second-order valence-corrected chi connectivity index (χ2v) is 15.9. The molecule has 1 saturated heterocycles. The Labute approximate surface area is 325 Å². The van der Waals surface area contributed by atoms with E-state index in [2.05, 4.69) is 99.6 Å². The molecule has 55 heavy (non-hydrogen) atoms. The number of esters is 1. The molecular formula is C46H60N4O5. The number of H-pyrrole nitrogens is 3. The van der Waals surface area contributed by atoms with E-state index >= 15 is 0 Å². The Morgan fingerprint density at radius 2 is 1.73 bits per heavy atom. The van der Waals surface area contributed by atoms with Crippen molar-refractivity contribution >= 4 is 41.6 Å². The Morgan fingerprint density at radius 1 is 1.00 bits per heavy atom. The fraction of sp³-hybridized carbons (Fsp3) is 0.478. The lowest BCUT2D eigenvalue weighted by Crippen LogP contribution is -2.25. The fourth-order valence-electron chi connectivity index (χ4n) is 8.74. The maximum Gasteiger partial charge on any atom is 0.321 e. The van der Waals surface area contributed by atoms with Gasteiger partial charge in [0.05, 0.1) is 19.4 Å². The van der Waals surface area contributed by atoms with Crippen LogP contribution in [0.15, 0.2) is 29.6 Å². The third-order valence-corrected chi connectivity index (χ3v) is 12.5. The third kappa shape index (κ3) is 7.66. The SMILES string of the molecule is C=Cc1c2[nH]c(c1C)/C=C1\N/C(=C3\c4[nH]c(c(C)c4C(=O)[C@@H]3C(=O)OC)/C=c3\[nH]/c(c(C)c3CC)=C\2)[C@@H](CCC(O)OC/C=C(\C)CCC[C@H](C)CC)[C@@H]1C. The highest BCUT2D eigenvalue weighted by molar-refractivity contribution is 6.24. The van der Waals surface area contributed by atoms with Crippen molar-refractivity contribution in [2.24, 2.45) is 23.7 Å². The highest BCUT2D eigenvalue weighted by atomic mass is 16.6. The zero-order valence-corrected chi connectivity index (χ0v) is 34.2. The molecule has 0 amide bonds. The van der Waals surface area contributed by atoms with Crippen LogP contribution in [-0.2, 0) is 20.7 Å². The first-order valence-corrected chi connectivity index (χ1v) is 20.1. The number of carbonyl (C=O) groups is 2. The zero-order chi connectivity index (χ0) is 39.7. The minimum atomic E-state index is -1.12. The standard InChI is InChI=1S/C46H60N4O5/c1-11-24(4)15-14-16-25(5)19-20-55-39(51)18-17-32-28(8)35-21-33-26(6)30(12-2)37(47-33)22-34-27(7)31(13-3)38(48-34)23-36-29(9)40-44(50-36)41(43(32)49-35)42(45(40)52)46(53)54-10/h12,19,21-24,28,32,39,42,47-51H,2,11,13-18,20H2,1,3-10H3/b25-19+,34-22-,35-21-,38-23-,43-41-/t24-,28+,32+,39?,42-/m1/s1. The summed E-state index contributed by atoms with van der Waals surface area (Å²) < 4.78 is 11.2. The van der Waals surface area contributed by atoms with Crippen LogP contribution in [0, 0.1) is 44.4 Å². The Hall–Kier alpha value is -4.60. The number of Topliss-reactive ketones (excluding diaryl/α,β-unsaturated/α-hetero) is 1. The lowest BCUT2D eigenvalue weighted by atomic mass is 9.85. The lowest BCUT2D eigenvalue weighted by Gasteiger charge is -2.21. The molecule has 1 aliphatic carbocycles. The van der Waals surface area contributed by atoms with Gasteiger partial charge in [-0.25, -0.2) is 0 Å². The molecule has 5 atom stereocenters. The van der Waals surface area contributed by atoms with Crippen molar-refractivity contribution < 1.29 is 24.2 Å². The van der Waals surface area contributed by atoms with Gasteiger partial charge in [0, 0.05) is 67.7 Å². The number of methoxy groups -OCH3 is 1. The van der Waals surface area contributed by atoms with Gasteiger partial charge < -0.3 is 34.8 Å². The van der Waals surface area contributed by atoms with Gasteiger partial charge in [0.25, 0.3) is 0 Å². The van der Waals surface area contributed by atoms with Crippen molar-refractivity contribution in [2.45, 2.75) is 107 Å². The van der Waals surface area contributed by atoms with Crippen LogP contribution in [0.25, 0.3) is 29.9 Å². The van der Waals surface area contributed by atoms with E-state index in [0.29, 0.717) is 36.3 Å². The summed E-state index contributed by atoms with van der Waals surface area (Å²) in [6, 6.07) is 0. The number of allylic oxidation sites excluding steroid dienone is 3. The molecule has 1 unspecified atom stereocenters. The van der Waals surface area contributed by atoms with E-state index in [9.17, 15) is 14.7 Å². The number of aromatic amines is 3. The first-order valence-electron chi connectivity index (χ1n) is 20.1. The van der Waals surface area contributed by atoms with E-state index in [1.165, 1.54) is 31.1 Å². The monoisotopic (exact) mass is 748 g/mol. The largest absolute Gasteiger partial charge is 0.468 e. The van der Waals surface area contributed by atoms with Gasteiger partial charge in [-0.1, -0.05) is 64.8 Å². The summed E-state index contributed by atoms with van der Waals surface area (Å²) in [6.07, 6.45) is 15.7. The molecule has 3 aromatic rings. The van der Waals surface area contributed by atoms with Gasteiger partial charge in [0.2, 0.25) is 0 Å². The lowest BCUT2D eigenvalue weighted by molar-refractivity contribution is -0.141. The number of nitrogens with one attached hydrogen (secondary N) is 4. The van der Waals surface area contributed by atoms with Crippen LogP contribution in [-0.4, -0.2) is 51.8 Å². The first-order chi connectivity index (χ1) is 26.3. The summed E-state index contributed by atoms with van der Waals surface area (Å²) in [7, 11) is 1.33. The summed E-state index contributed by atoms with van der Waals surface area (Å²) in [5.41, 5.74) is 12.7. The topological polar surface area (TPSA) is 132 Å². The number of rotatable bonds is 14. The number of fused-ring (bicyclic) bond motifs is 7. The highest BCUT2D eigenvalue weighted by Crippen LogP contribution is 2.48. The van der Waals surface area contributed by atoms with Crippen LogP contribution < -0.4 is 16.0 Å². The smallest absolute Gasteiger partial charge is 0.321 e. The zero-order valence-electron chi connectivity index (χ0n) is 34.2. The van der Waals surface area contributed by atoms with Crippen LogP contribution in [0.4, 0.5) is 0 Å². The Bertz CT molecular complexity index is 2200. The molecule has 6 rings (SSSR count). The first kappa shape index (κ1) is 40.1. The van der Waals surface area contributed by atoms with Gasteiger partial charge in [0.1, 0.15) is 5.92 Å². The molecule has 0 saturated carbocycles. The number of aliphatic hydroxyl groups excluding tert-OH is 1. The Balaban J connectivity index is 1.44. The number of aromatic nitrogens is 3. The molecule has 294 valence electrons. The molecule has 9 heteroatoms. The van der Waals surface area contributed by atoms with Gasteiger partial charge in [-0.05, 0) is 106 Å². The number of ether oxygens (including phenoxy) is 2. The van der Waals surface area contributed by atoms with Gasteiger partial charge >= 0.3 is 5.97 Å². The van der Waals surface area contributed by atoms with E-state index in [-0.39, 0.29) is 17.6 Å². The predicted molar refractivity (Wildman–Crippen MR) is 221 cm³/mol. The summed E-state index contributed by atoms with van der Waals surface area (Å²) >= 11 is 0. The average molecular weight is 749 g/mol. The number of hydrogen-bond donors (Lipinski definition) is 5. The van der Waals surface area contributed by atoms with Crippen LogP contribution >= 0.6 is 0 Å². The Morgan fingerprint density at radius 3 is 2.42 bits per heavy atom. The van der Waals surface area contributed by atoms with Crippen molar-refractivity contribution in [3.05, 3.63) is 96.5 Å². The van der Waals surface area contributed by atoms with Gasteiger partial charge in [-0.2, -0.15) is 0 Å².